The maximum Gasteiger partial charge on any atom is 0.103 e. The maximum absolute atomic E-state index is 9.41. The van der Waals surface area contributed by atoms with E-state index in [4.69, 9.17) is 0 Å². The van der Waals surface area contributed by atoms with Crippen LogP contribution in [0.15, 0.2) is 34.5 Å². The molecule has 4 heteroatoms. The molecule has 0 amide bonds. The van der Waals surface area contributed by atoms with Gasteiger partial charge < -0.3 is 5.11 Å². The van der Waals surface area contributed by atoms with Crippen molar-refractivity contribution in [2.24, 2.45) is 0 Å². The van der Waals surface area contributed by atoms with Gasteiger partial charge in [0.15, 0.2) is 0 Å². The summed E-state index contributed by atoms with van der Waals surface area (Å²) in [6.07, 6.45) is -0.393. The number of thiazole rings is 1. The molecule has 2 rings (SSSR count). The van der Waals surface area contributed by atoms with Gasteiger partial charge in [0, 0.05) is 16.0 Å². The van der Waals surface area contributed by atoms with Crippen molar-refractivity contribution in [3.05, 3.63) is 45.9 Å². The molecule has 0 fully saturated rings. The van der Waals surface area contributed by atoms with Gasteiger partial charge in [-0.05, 0) is 31.5 Å². The van der Waals surface area contributed by atoms with E-state index in [1.165, 1.54) is 4.90 Å². The summed E-state index contributed by atoms with van der Waals surface area (Å²) >= 11 is 3.48. The van der Waals surface area contributed by atoms with E-state index < -0.39 is 6.10 Å². The van der Waals surface area contributed by atoms with E-state index in [1.54, 1.807) is 30.0 Å². The van der Waals surface area contributed by atoms with Crippen molar-refractivity contribution in [1.82, 2.24) is 4.98 Å². The highest BCUT2D eigenvalue weighted by atomic mass is 32.2. The predicted octanol–water partition coefficient (Wildman–Crippen LogP) is 3.80. The topological polar surface area (TPSA) is 33.1 Å². The lowest BCUT2D eigenvalue weighted by Gasteiger charge is -2.05. The monoisotopic (exact) mass is 265 g/mol. The summed E-state index contributed by atoms with van der Waals surface area (Å²) in [5.41, 5.74) is 2.05. The summed E-state index contributed by atoms with van der Waals surface area (Å²) in [5, 5.41) is 12.6. The second kappa shape index (κ2) is 5.67. The quantitative estimate of drug-likeness (QED) is 0.854. The molecule has 0 aliphatic rings. The molecule has 1 unspecified atom stereocenters. The lowest BCUT2D eigenvalue weighted by atomic mass is 10.1. The largest absolute Gasteiger partial charge is 0.389 e. The SMILES string of the molecule is Cc1csc(CSc2ccc(C(C)O)cc2)n1. The molecule has 17 heavy (non-hydrogen) atoms. The molecule has 1 heterocycles. The minimum Gasteiger partial charge on any atom is -0.389 e. The van der Waals surface area contributed by atoms with Crippen LogP contribution in [-0.2, 0) is 5.75 Å². The Balaban J connectivity index is 1.95. The van der Waals surface area contributed by atoms with Crippen molar-refractivity contribution in [2.45, 2.75) is 30.6 Å². The van der Waals surface area contributed by atoms with Crippen molar-refractivity contribution < 1.29 is 5.11 Å². The zero-order chi connectivity index (χ0) is 12.3. The molecule has 0 saturated heterocycles. The average Bonchev–Trinajstić information content (AvgIpc) is 2.73. The second-order valence-electron chi connectivity index (χ2n) is 3.92. The standard InChI is InChI=1S/C13H15NOS2/c1-9-7-17-13(14-9)8-16-12-5-3-11(4-6-12)10(2)15/h3-7,10,15H,8H2,1-2H3. The molecule has 0 aliphatic carbocycles. The molecule has 2 nitrogen and oxygen atoms in total. The summed E-state index contributed by atoms with van der Waals surface area (Å²) in [6, 6.07) is 8.04. The van der Waals surface area contributed by atoms with Crippen LogP contribution in [0.2, 0.25) is 0 Å². The number of hydrogen-bond acceptors (Lipinski definition) is 4. The number of aryl methyl sites for hydroxylation is 1. The maximum atomic E-state index is 9.41. The van der Waals surface area contributed by atoms with Crippen molar-refractivity contribution >= 4 is 23.1 Å². The number of aromatic nitrogens is 1. The van der Waals surface area contributed by atoms with E-state index in [1.807, 2.05) is 31.2 Å². The molecule has 1 N–H and O–H groups in total. The van der Waals surface area contributed by atoms with E-state index in [-0.39, 0.29) is 0 Å². The highest BCUT2D eigenvalue weighted by molar-refractivity contribution is 7.98. The fraction of sp³-hybridized carbons (Fsp3) is 0.308. The number of thioether (sulfide) groups is 1. The van der Waals surface area contributed by atoms with Gasteiger partial charge in [0.1, 0.15) is 5.01 Å². The number of hydrogen-bond donors (Lipinski definition) is 1. The van der Waals surface area contributed by atoms with Crippen LogP contribution in [0.4, 0.5) is 0 Å². The van der Waals surface area contributed by atoms with Crippen LogP contribution in [0, 0.1) is 6.92 Å². The first-order valence-corrected chi connectivity index (χ1v) is 7.33. The molecule has 1 aromatic carbocycles. The third kappa shape index (κ3) is 3.56. The van der Waals surface area contributed by atoms with Crippen LogP contribution in [0.1, 0.15) is 29.3 Å². The highest BCUT2D eigenvalue weighted by Crippen LogP contribution is 2.25. The Labute approximate surface area is 110 Å². The number of nitrogens with zero attached hydrogens (tertiary/aromatic N) is 1. The molecule has 1 aromatic heterocycles. The van der Waals surface area contributed by atoms with E-state index in [0.717, 1.165) is 22.0 Å². The van der Waals surface area contributed by atoms with E-state index in [0.29, 0.717) is 0 Å². The van der Waals surface area contributed by atoms with Gasteiger partial charge >= 0.3 is 0 Å². The van der Waals surface area contributed by atoms with E-state index >= 15 is 0 Å². The fourth-order valence-electron chi connectivity index (χ4n) is 1.46. The van der Waals surface area contributed by atoms with Crippen LogP contribution in [0.25, 0.3) is 0 Å². The molecule has 0 bridgehead atoms. The highest BCUT2D eigenvalue weighted by Gasteiger charge is 2.02. The van der Waals surface area contributed by atoms with Crippen molar-refractivity contribution in [3.8, 4) is 0 Å². The Morgan fingerprint density at radius 3 is 2.59 bits per heavy atom. The van der Waals surface area contributed by atoms with Gasteiger partial charge in [-0.2, -0.15) is 0 Å². The Bertz CT molecular complexity index is 476. The lowest BCUT2D eigenvalue weighted by molar-refractivity contribution is 0.199. The lowest BCUT2D eigenvalue weighted by Crippen LogP contribution is -1.89. The number of aliphatic hydroxyl groups excluding tert-OH is 1. The predicted molar refractivity (Wildman–Crippen MR) is 73.5 cm³/mol. The minimum atomic E-state index is -0.393. The van der Waals surface area contributed by atoms with E-state index in [2.05, 4.69) is 10.4 Å². The molecule has 90 valence electrons. The molecule has 0 radical (unpaired) electrons. The van der Waals surface area contributed by atoms with Crippen LogP contribution in [0.5, 0.6) is 0 Å². The summed E-state index contributed by atoms with van der Waals surface area (Å²) < 4.78 is 0. The molecule has 0 saturated carbocycles. The van der Waals surface area contributed by atoms with Crippen LogP contribution in [-0.4, -0.2) is 10.1 Å². The van der Waals surface area contributed by atoms with E-state index in [9.17, 15) is 5.11 Å². The summed E-state index contributed by atoms with van der Waals surface area (Å²) in [5.74, 6) is 0.909. The zero-order valence-corrected chi connectivity index (χ0v) is 11.5. The summed E-state index contributed by atoms with van der Waals surface area (Å²) in [6.45, 7) is 3.79. The van der Waals surface area contributed by atoms with Crippen LogP contribution in [0.3, 0.4) is 0 Å². The Kier molecular flexibility index (Phi) is 4.20. The molecule has 2 aromatic rings. The van der Waals surface area contributed by atoms with Crippen LogP contribution >= 0.6 is 23.1 Å². The molecular formula is C13H15NOS2. The average molecular weight is 265 g/mol. The van der Waals surface area contributed by atoms with Gasteiger partial charge in [-0.3, -0.25) is 0 Å². The Morgan fingerprint density at radius 1 is 1.35 bits per heavy atom. The fourth-order valence-corrected chi connectivity index (χ4v) is 3.14. The first-order chi connectivity index (χ1) is 8.15. The van der Waals surface area contributed by atoms with Gasteiger partial charge in [0.25, 0.3) is 0 Å². The first kappa shape index (κ1) is 12.6. The minimum absolute atomic E-state index is 0.393. The second-order valence-corrected chi connectivity index (χ2v) is 5.91. The van der Waals surface area contributed by atoms with Crippen molar-refractivity contribution in [2.75, 3.05) is 0 Å². The van der Waals surface area contributed by atoms with Gasteiger partial charge in [-0.1, -0.05) is 12.1 Å². The van der Waals surface area contributed by atoms with Crippen molar-refractivity contribution in [3.63, 3.8) is 0 Å². The van der Waals surface area contributed by atoms with Crippen molar-refractivity contribution in [1.29, 1.82) is 0 Å². The zero-order valence-electron chi connectivity index (χ0n) is 9.88. The Morgan fingerprint density at radius 2 is 2.06 bits per heavy atom. The van der Waals surface area contributed by atoms with Crippen LogP contribution < -0.4 is 0 Å². The Hall–Kier alpha value is -0.840. The molecule has 0 spiro atoms. The van der Waals surface area contributed by atoms with Gasteiger partial charge in [0.2, 0.25) is 0 Å². The molecule has 0 aliphatic heterocycles. The third-order valence-corrected chi connectivity index (χ3v) is 4.56. The van der Waals surface area contributed by atoms with Gasteiger partial charge in [-0.25, -0.2) is 4.98 Å². The smallest absolute Gasteiger partial charge is 0.103 e. The first-order valence-electron chi connectivity index (χ1n) is 5.47. The number of benzene rings is 1. The van der Waals surface area contributed by atoms with Gasteiger partial charge in [-0.15, -0.1) is 23.1 Å². The number of aliphatic hydroxyl groups is 1. The molecular weight excluding hydrogens is 250 g/mol. The molecule has 1 atom stereocenters. The third-order valence-electron chi connectivity index (χ3n) is 2.39. The number of rotatable bonds is 4. The summed E-state index contributed by atoms with van der Waals surface area (Å²) in [7, 11) is 0. The van der Waals surface area contributed by atoms with Gasteiger partial charge in [0.05, 0.1) is 11.9 Å². The normalized spacial score (nSPS) is 12.6. The summed E-state index contributed by atoms with van der Waals surface area (Å²) in [4.78, 5) is 5.64.